The highest BCUT2D eigenvalue weighted by atomic mass is 32.2. The van der Waals surface area contributed by atoms with Crippen LogP contribution in [0.25, 0.3) is 0 Å². The summed E-state index contributed by atoms with van der Waals surface area (Å²) in [6.07, 6.45) is 0.342. The first-order valence-electron chi connectivity index (χ1n) is 6.58. The number of aliphatic carboxylic acids is 1. The van der Waals surface area contributed by atoms with Crippen molar-refractivity contribution in [2.45, 2.75) is 24.7 Å². The maximum Gasteiger partial charge on any atom is 0.305 e. The molecule has 0 spiro atoms. The van der Waals surface area contributed by atoms with Crippen LogP contribution in [0.3, 0.4) is 0 Å². The molecule has 116 valence electrons. The van der Waals surface area contributed by atoms with Gasteiger partial charge < -0.3 is 10.0 Å². The van der Waals surface area contributed by atoms with Crippen molar-refractivity contribution in [3.63, 3.8) is 0 Å². The van der Waals surface area contributed by atoms with Crippen molar-refractivity contribution in [1.29, 1.82) is 0 Å². The molecule has 0 fully saturated rings. The van der Waals surface area contributed by atoms with E-state index in [1.165, 1.54) is 36.2 Å². The molecule has 1 amide bonds. The normalized spacial score (nSPS) is 11.1. The molecule has 0 aromatic heterocycles. The fraction of sp³-hybridized carbons (Fsp3) is 0.429. The first kappa shape index (κ1) is 17.2. The van der Waals surface area contributed by atoms with E-state index in [0.29, 0.717) is 6.42 Å². The number of carbonyl (C=O) groups excluding carboxylic acids is 1. The van der Waals surface area contributed by atoms with Crippen molar-refractivity contribution in [3.8, 4) is 0 Å². The van der Waals surface area contributed by atoms with Crippen molar-refractivity contribution >= 4 is 21.7 Å². The molecule has 1 rings (SSSR count). The Morgan fingerprint density at radius 1 is 1.29 bits per heavy atom. The molecule has 21 heavy (non-hydrogen) atoms. The third-order valence-electron chi connectivity index (χ3n) is 2.92. The highest BCUT2D eigenvalue weighted by Crippen LogP contribution is 2.15. The summed E-state index contributed by atoms with van der Waals surface area (Å²) in [5, 5.41) is 8.61. The highest BCUT2D eigenvalue weighted by Gasteiger charge is 2.17. The summed E-state index contributed by atoms with van der Waals surface area (Å²) in [4.78, 5) is 24.0. The van der Waals surface area contributed by atoms with Crippen LogP contribution in [0.15, 0.2) is 29.2 Å². The van der Waals surface area contributed by atoms with Gasteiger partial charge >= 0.3 is 5.97 Å². The van der Waals surface area contributed by atoms with Crippen LogP contribution >= 0.6 is 0 Å². The Balaban J connectivity index is 2.94. The molecule has 0 saturated carbocycles. The third kappa shape index (κ3) is 4.86. The minimum atomic E-state index is -3.38. The van der Waals surface area contributed by atoms with Gasteiger partial charge in [-0.1, -0.05) is 13.0 Å². The highest BCUT2D eigenvalue weighted by molar-refractivity contribution is 7.91. The van der Waals surface area contributed by atoms with Gasteiger partial charge in [-0.25, -0.2) is 8.42 Å². The summed E-state index contributed by atoms with van der Waals surface area (Å²) in [6, 6.07) is 5.83. The molecule has 0 aliphatic rings. The lowest BCUT2D eigenvalue weighted by atomic mass is 10.2. The maximum atomic E-state index is 12.1. The SMILES string of the molecule is CCCS(=O)(=O)c1cccc(C(=O)N(C)CCC(=O)O)c1. The lowest BCUT2D eigenvalue weighted by molar-refractivity contribution is -0.137. The Morgan fingerprint density at radius 3 is 2.52 bits per heavy atom. The van der Waals surface area contributed by atoms with E-state index in [1.807, 2.05) is 0 Å². The first-order chi connectivity index (χ1) is 9.77. The second kappa shape index (κ2) is 7.21. The van der Waals surface area contributed by atoms with Crippen LogP contribution < -0.4 is 0 Å². The number of amides is 1. The van der Waals surface area contributed by atoms with E-state index in [2.05, 4.69) is 0 Å². The number of rotatable bonds is 7. The molecule has 1 aromatic rings. The largest absolute Gasteiger partial charge is 0.481 e. The van der Waals surface area contributed by atoms with Crippen molar-refractivity contribution in [3.05, 3.63) is 29.8 Å². The second-order valence-corrected chi connectivity index (χ2v) is 6.83. The maximum absolute atomic E-state index is 12.1. The van der Waals surface area contributed by atoms with Gasteiger partial charge in [-0.05, 0) is 24.6 Å². The van der Waals surface area contributed by atoms with E-state index >= 15 is 0 Å². The van der Waals surface area contributed by atoms with E-state index in [9.17, 15) is 18.0 Å². The number of hydrogen-bond acceptors (Lipinski definition) is 4. The van der Waals surface area contributed by atoms with Crippen LogP contribution in [0.2, 0.25) is 0 Å². The van der Waals surface area contributed by atoms with E-state index in [4.69, 9.17) is 5.11 Å². The Morgan fingerprint density at radius 2 is 1.95 bits per heavy atom. The third-order valence-corrected chi connectivity index (χ3v) is 4.84. The summed E-state index contributed by atoms with van der Waals surface area (Å²) in [5.41, 5.74) is 0.236. The van der Waals surface area contributed by atoms with E-state index in [-0.39, 0.29) is 29.2 Å². The van der Waals surface area contributed by atoms with Gasteiger partial charge in [0.2, 0.25) is 0 Å². The zero-order valence-corrected chi connectivity index (χ0v) is 12.9. The standard InChI is InChI=1S/C14H19NO5S/c1-3-9-21(19,20)12-6-4-5-11(10-12)14(18)15(2)8-7-13(16)17/h4-6,10H,3,7-9H2,1-2H3,(H,16,17). The Hall–Kier alpha value is -1.89. The predicted octanol–water partition coefficient (Wildman–Crippen LogP) is 1.42. The first-order valence-corrected chi connectivity index (χ1v) is 8.23. The van der Waals surface area contributed by atoms with Crippen LogP contribution in [-0.4, -0.2) is 49.6 Å². The molecule has 0 saturated heterocycles. The molecule has 7 heteroatoms. The van der Waals surface area contributed by atoms with Gasteiger partial charge in [0.25, 0.3) is 5.91 Å². The molecular weight excluding hydrogens is 294 g/mol. The van der Waals surface area contributed by atoms with Crippen molar-refractivity contribution in [1.82, 2.24) is 4.90 Å². The number of benzene rings is 1. The monoisotopic (exact) mass is 313 g/mol. The van der Waals surface area contributed by atoms with Crippen LogP contribution in [0, 0.1) is 0 Å². The Kier molecular flexibility index (Phi) is 5.90. The molecule has 1 aromatic carbocycles. The topological polar surface area (TPSA) is 91.8 Å². The predicted molar refractivity (Wildman–Crippen MR) is 78.0 cm³/mol. The zero-order chi connectivity index (χ0) is 16.0. The van der Waals surface area contributed by atoms with Crippen LogP contribution in [-0.2, 0) is 14.6 Å². The number of hydrogen-bond donors (Lipinski definition) is 1. The summed E-state index contributed by atoms with van der Waals surface area (Å²) in [6.45, 7) is 1.84. The van der Waals surface area contributed by atoms with Gasteiger partial charge in [0.15, 0.2) is 9.84 Å². The van der Waals surface area contributed by atoms with Crippen molar-refractivity contribution < 1.29 is 23.1 Å². The van der Waals surface area contributed by atoms with Gasteiger partial charge in [0.1, 0.15) is 0 Å². The molecule has 0 aliphatic heterocycles. The molecule has 0 heterocycles. The van der Waals surface area contributed by atoms with E-state index in [1.54, 1.807) is 6.92 Å². The van der Waals surface area contributed by atoms with Gasteiger partial charge in [0, 0.05) is 19.2 Å². The number of nitrogens with zero attached hydrogens (tertiary/aromatic N) is 1. The molecule has 1 N–H and O–H groups in total. The molecule has 0 radical (unpaired) electrons. The molecular formula is C14H19NO5S. The lowest BCUT2D eigenvalue weighted by Crippen LogP contribution is -2.29. The van der Waals surface area contributed by atoms with Crippen LogP contribution in [0.1, 0.15) is 30.1 Å². The second-order valence-electron chi connectivity index (χ2n) is 4.72. The summed E-state index contributed by atoms with van der Waals surface area (Å²) >= 11 is 0. The number of carbonyl (C=O) groups is 2. The zero-order valence-electron chi connectivity index (χ0n) is 12.1. The minimum absolute atomic E-state index is 0.0273. The molecule has 0 atom stereocenters. The minimum Gasteiger partial charge on any atom is -0.481 e. The smallest absolute Gasteiger partial charge is 0.305 e. The van der Waals surface area contributed by atoms with Crippen LogP contribution in [0.4, 0.5) is 0 Å². The number of sulfone groups is 1. The quantitative estimate of drug-likeness (QED) is 0.822. The average Bonchev–Trinajstić information content (AvgIpc) is 2.44. The van der Waals surface area contributed by atoms with Crippen LogP contribution in [0.5, 0.6) is 0 Å². The van der Waals surface area contributed by atoms with Gasteiger partial charge in [-0.2, -0.15) is 0 Å². The van der Waals surface area contributed by atoms with Gasteiger partial charge in [-0.3, -0.25) is 9.59 Å². The van der Waals surface area contributed by atoms with E-state index < -0.39 is 21.7 Å². The van der Waals surface area contributed by atoms with Gasteiger partial charge in [-0.15, -0.1) is 0 Å². The summed E-state index contributed by atoms with van der Waals surface area (Å²) in [7, 11) is -1.90. The Bertz CT molecular complexity index is 624. The fourth-order valence-electron chi connectivity index (χ4n) is 1.79. The van der Waals surface area contributed by atoms with Gasteiger partial charge in [0.05, 0.1) is 17.1 Å². The number of carboxylic acid groups (broad SMARTS) is 1. The molecule has 6 nitrogen and oxygen atoms in total. The van der Waals surface area contributed by atoms with Crippen molar-refractivity contribution in [2.75, 3.05) is 19.3 Å². The average molecular weight is 313 g/mol. The molecule has 0 bridgehead atoms. The molecule has 0 aliphatic carbocycles. The molecule has 0 unspecified atom stereocenters. The Labute approximate surface area is 124 Å². The lowest BCUT2D eigenvalue weighted by Gasteiger charge is -2.16. The van der Waals surface area contributed by atoms with Crippen molar-refractivity contribution in [2.24, 2.45) is 0 Å². The number of carboxylic acids is 1. The fourth-order valence-corrected chi connectivity index (χ4v) is 3.16. The summed E-state index contributed by atoms with van der Waals surface area (Å²) < 4.78 is 24.0. The summed E-state index contributed by atoms with van der Waals surface area (Å²) in [5.74, 6) is -1.36. The van der Waals surface area contributed by atoms with E-state index in [0.717, 1.165) is 0 Å².